The highest BCUT2D eigenvalue weighted by Gasteiger charge is 2.71. The van der Waals surface area contributed by atoms with Crippen molar-refractivity contribution < 1.29 is 233 Å². The maximum atomic E-state index is 15.8. The smallest absolute Gasteiger partial charge is 0.314 e. The van der Waals surface area contributed by atoms with Crippen LogP contribution in [0.15, 0.2) is 12.2 Å². The van der Waals surface area contributed by atoms with Crippen molar-refractivity contribution in [3.8, 4) is 0 Å². The summed E-state index contributed by atoms with van der Waals surface area (Å²) in [6, 6.07) is 0. The van der Waals surface area contributed by atoms with Gasteiger partial charge in [-0.25, -0.2) is 0 Å². The van der Waals surface area contributed by atoms with Crippen LogP contribution in [0.5, 0.6) is 0 Å². The average Bonchev–Trinajstić information content (AvgIpc) is 1.47. The second kappa shape index (κ2) is 39.1. The number of fused-ring (bicyclic) bond motifs is 3. The molecule has 47 nitrogen and oxygen atoms in total. The molecule has 51 atom stereocenters. The number of carbonyl (C=O) groups excluding carboxylic acids is 1. The lowest BCUT2D eigenvalue weighted by Crippen LogP contribution is -2.69. The Kier molecular flexibility index (Phi) is 31.0. The van der Waals surface area contributed by atoms with Crippen LogP contribution < -0.4 is 0 Å². The Bertz CT molecular complexity index is 3390. The highest BCUT2D eigenvalue weighted by atomic mass is 16.8. The number of carbonyl (C=O) groups is 1. The summed E-state index contributed by atoms with van der Waals surface area (Å²) in [5, 5.41) is 310. The van der Waals surface area contributed by atoms with Crippen molar-refractivity contribution in [1.82, 2.24) is 0 Å². The molecule has 0 radical (unpaired) electrons. The van der Waals surface area contributed by atoms with Crippen molar-refractivity contribution >= 4 is 5.97 Å². The van der Waals surface area contributed by atoms with Crippen LogP contribution in [0.4, 0.5) is 0 Å². The molecular weight excluding hydrogens is 1650 g/mol. The predicted octanol–water partition coefficient (Wildman–Crippen LogP) is -14.6. The molecule has 2 bridgehead atoms. The summed E-state index contributed by atoms with van der Waals surface area (Å²) >= 11 is 0. The minimum absolute atomic E-state index is 0.0409. The molecular formula is C75H122O47. The van der Waals surface area contributed by atoms with Gasteiger partial charge in [-0.2, -0.15) is 0 Å². The molecule has 13 fully saturated rings. The molecule has 13 aliphatic rings. The Labute approximate surface area is 696 Å². The van der Waals surface area contributed by atoms with Crippen molar-refractivity contribution in [3.63, 3.8) is 0 Å². The highest BCUT2D eigenvalue weighted by molar-refractivity contribution is 5.77. The van der Waals surface area contributed by atoms with Crippen molar-refractivity contribution in [2.24, 2.45) is 28.1 Å². The van der Waals surface area contributed by atoms with Crippen LogP contribution >= 0.6 is 0 Å². The zero-order valence-corrected chi connectivity index (χ0v) is 66.8. The van der Waals surface area contributed by atoms with Crippen LogP contribution in [0.2, 0.25) is 0 Å². The van der Waals surface area contributed by atoms with Crippen molar-refractivity contribution in [2.75, 3.05) is 52.9 Å². The van der Waals surface area contributed by atoms with E-state index in [0.29, 0.717) is 24.8 Å². The summed E-state index contributed by atoms with van der Waals surface area (Å²) < 4.78 is 111. The molecule has 1 spiro atoms. The van der Waals surface area contributed by atoms with Gasteiger partial charge >= 0.3 is 5.97 Å². The molecule has 28 N–H and O–H groups in total. The summed E-state index contributed by atoms with van der Waals surface area (Å²) in [6.45, 7) is 1.79. The van der Waals surface area contributed by atoms with Crippen LogP contribution in [0.1, 0.15) is 85.0 Å². The first-order chi connectivity index (χ1) is 57.8. The number of ether oxygens (including phenoxy) is 18. The largest absolute Gasteiger partial charge is 0.432 e. The first-order valence-electron chi connectivity index (χ1n) is 41.3. The van der Waals surface area contributed by atoms with Gasteiger partial charge in [0.25, 0.3) is 0 Å². The van der Waals surface area contributed by atoms with Gasteiger partial charge in [0.15, 0.2) is 56.4 Å². The number of rotatable bonds is 27. The fraction of sp³-hybridized carbons (Fsp3) is 0.960. The SMILES string of the molecule is C=C1C[C@@]23CC[C@H]4[C@@](C)(CCC[C@@]4(C)C(=O)OC4OC(CO)C(O)C(OC5OC(CO)C(O)C(O)C5O)C4OC4OC(CC)C(O)C(O)C4O)[C@@H]2CCC1(OC1OC(COC2OC(CO)C(O)C(OC4OC(CO)C(O)C(O)C4O)C2OC2OC(CO)C(O)C(O)C2O)C(O)C(OC2OC(CO)C(O)C(O)C2O)C1OC1OC(CO)C(O)C(O)C1O)C3. The molecule has 9 aliphatic heterocycles. The topological polar surface area (TPSA) is 750 Å². The zero-order chi connectivity index (χ0) is 88.7. The first kappa shape index (κ1) is 97.0. The van der Waals surface area contributed by atoms with Crippen LogP contribution in [0.3, 0.4) is 0 Å². The van der Waals surface area contributed by atoms with Gasteiger partial charge in [0, 0.05) is 0 Å². The van der Waals surface area contributed by atoms with E-state index in [1.807, 2.05) is 6.92 Å². The van der Waals surface area contributed by atoms with E-state index in [0.717, 1.165) is 0 Å². The Balaban J connectivity index is 0.826. The Hall–Kier alpha value is -2.59. The maximum absolute atomic E-state index is 15.8. The van der Waals surface area contributed by atoms with Crippen molar-refractivity contribution in [3.05, 3.63) is 12.2 Å². The van der Waals surface area contributed by atoms with Crippen molar-refractivity contribution in [1.29, 1.82) is 0 Å². The second-order valence-electron chi connectivity index (χ2n) is 35.1. The molecule has 46 unspecified atom stereocenters. The number of aliphatic hydroxyl groups excluding tert-OH is 28. The summed E-state index contributed by atoms with van der Waals surface area (Å²) in [5.74, 6) is -1.80. The Morgan fingerprint density at radius 1 is 0.344 bits per heavy atom. The van der Waals surface area contributed by atoms with Gasteiger partial charge in [-0.1, -0.05) is 26.8 Å². The van der Waals surface area contributed by atoms with E-state index in [4.69, 9.17) is 85.3 Å². The van der Waals surface area contributed by atoms with Crippen LogP contribution in [0, 0.1) is 28.1 Å². The molecule has 0 aromatic carbocycles. The standard InChI is InChI=1S/C75H122O47/c1-5-24-35(83)44(92)50(98)62(106-24)119-60-57(116-64-52(100)46(94)37(85)26(15-77)108-64)42(90)31(20-82)113-69(60)121-71(104)73(4)10-6-9-72(3)33(73)7-11-74-13-23(2)75(22-74,12-8-34(72)74)122-70-61(120-67-55(103)49(97)40(88)29(18-80)111-67)58(117-65-53(101)47(95)38(86)27(16-78)109-65)43(91)32(114-70)21-105-68-59(118-66-54(102)48(96)39(87)28(17-79)110-66)56(41(89)30(19-81)112-68)115-63-51(99)45(93)36(84)25(14-76)107-63/h24-70,76-103H,2,5-22H2,1,3-4H3/t24?,25?,26?,27?,28?,29?,30?,31?,32?,33-,34-,35?,36?,37?,38?,39?,40?,41?,42?,43?,44?,45?,46?,47?,48?,49?,50?,51?,52?,53?,54?,55?,56?,57?,58?,59?,60?,61?,62?,63?,64?,65?,66?,67?,68?,69?,70?,72+,73+,74+,75?/m0/s1. The molecule has 4 saturated carbocycles. The molecule has 0 aromatic heterocycles. The third kappa shape index (κ3) is 17.9. The highest BCUT2D eigenvalue weighted by Crippen LogP contribution is 2.74. The Morgan fingerprint density at radius 3 is 1.02 bits per heavy atom. The second-order valence-corrected chi connectivity index (χ2v) is 35.1. The van der Waals surface area contributed by atoms with Crippen LogP contribution in [0.25, 0.3) is 0 Å². The number of esters is 1. The summed E-state index contributed by atoms with van der Waals surface area (Å²) in [5.41, 5.74) is -4.19. The lowest BCUT2D eigenvalue weighted by Gasteiger charge is -2.64. The third-order valence-electron chi connectivity index (χ3n) is 27.9. The number of hydrogen-bond acceptors (Lipinski definition) is 47. The molecule has 122 heavy (non-hydrogen) atoms. The average molecular weight is 1780 g/mol. The molecule has 9 saturated heterocycles. The molecule has 0 amide bonds. The normalized spacial score (nSPS) is 54.4. The van der Waals surface area contributed by atoms with Crippen molar-refractivity contribution in [2.45, 2.75) is 367 Å². The summed E-state index contributed by atoms with van der Waals surface area (Å²) in [4.78, 5) is 15.8. The van der Waals surface area contributed by atoms with Crippen LogP contribution in [-0.2, 0) is 90.1 Å². The molecule has 4 aliphatic carbocycles. The van der Waals surface area contributed by atoms with Gasteiger partial charge in [0.1, 0.15) is 208 Å². The monoisotopic (exact) mass is 1770 g/mol. The van der Waals surface area contributed by atoms with E-state index >= 15 is 4.79 Å². The van der Waals surface area contributed by atoms with Gasteiger partial charge in [-0.15, -0.1) is 0 Å². The lowest BCUT2D eigenvalue weighted by atomic mass is 9.41. The Morgan fingerprint density at radius 2 is 0.648 bits per heavy atom. The quantitative estimate of drug-likeness (QED) is 0.0206. The van der Waals surface area contributed by atoms with E-state index in [1.165, 1.54) is 0 Å². The lowest BCUT2D eigenvalue weighted by molar-refractivity contribution is -0.408. The number of hydrogen-bond donors (Lipinski definition) is 28. The summed E-state index contributed by atoms with van der Waals surface area (Å²) in [7, 11) is 0. The third-order valence-corrected chi connectivity index (χ3v) is 27.9. The maximum Gasteiger partial charge on any atom is 0.314 e. The minimum atomic E-state index is -2.31. The molecule has 704 valence electrons. The zero-order valence-electron chi connectivity index (χ0n) is 66.8. The summed E-state index contributed by atoms with van der Waals surface area (Å²) in [6.07, 6.45) is -87.6. The van der Waals surface area contributed by atoms with Crippen LogP contribution in [-0.4, -0.2) is 484 Å². The predicted molar refractivity (Wildman–Crippen MR) is 385 cm³/mol. The molecule has 0 aromatic rings. The van der Waals surface area contributed by atoms with E-state index < -0.39 is 363 Å². The molecule has 9 heterocycles. The van der Waals surface area contributed by atoms with E-state index in [1.54, 1.807) is 13.8 Å². The fourth-order valence-electron chi connectivity index (χ4n) is 20.9. The number of aliphatic hydroxyl groups is 28. The van der Waals surface area contributed by atoms with E-state index in [-0.39, 0.29) is 50.9 Å². The van der Waals surface area contributed by atoms with Gasteiger partial charge < -0.3 is 228 Å². The van der Waals surface area contributed by atoms with Gasteiger partial charge in [0.2, 0.25) is 6.29 Å². The molecule has 13 rings (SSSR count). The van der Waals surface area contributed by atoms with Gasteiger partial charge in [-0.05, 0) is 93.0 Å². The molecule has 47 heteroatoms. The van der Waals surface area contributed by atoms with Gasteiger partial charge in [-0.3, -0.25) is 4.79 Å². The van der Waals surface area contributed by atoms with E-state index in [2.05, 4.69) is 6.58 Å². The minimum Gasteiger partial charge on any atom is -0.432 e. The van der Waals surface area contributed by atoms with E-state index in [9.17, 15) is 143 Å². The van der Waals surface area contributed by atoms with Gasteiger partial charge in [0.05, 0.1) is 70.0 Å². The first-order valence-corrected chi connectivity index (χ1v) is 41.3. The fourth-order valence-corrected chi connectivity index (χ4v) is 20.9.